The summed E-state index contributed by atoms with van der Waals surface area (Å²) < 4.78 is 17.1. The average molecular weight is 230 g/mol. The molecular formula is C12H22O2S. The molecule has 2 nitrogen and oxygen atoms in total. The van der Waals surface area contributed by atoms with Crippen LogP contribution in [0.25, 0.3) is 0 Å². The van der Waals surface area contributed by atoms with Gasteiger partial charge in [-0.05, 0) is 40.0 Å². The molecule has 1 rings (SSSR count). The number of allylic oxidation sites excluding steroid dienone is 1. The van der Waals surface area contributed by atoms with E-state index in [2.05, 4.69) is 12.2 Å². The van der Waals surface area contributed by atoms with Gasteiger partial charge in [0.2, 0.25) is 0 Å². The van der Waals surface area contributed by atoms with Gasteiger partial charge in [-0.25, -0.2) is 4.21 Å². The van der Waals surface area contributed by atoms with Crippen LogP contribution in [0.2, 0.25) is 0 Å². The van der Waals surface area contributed by atoms with E-state index in [4.69, 9.17) is 4.18 Å². The van der Waals surface area contributed by atoms with Crippen molar-refractivity contribution in [1.82, 2.24) is 0 Å². The molecule has 0 radical (unpaired) electrons. The van der Waals surface area contributed by atoms with Crippen LogP contribution in [0.4, 0.5) is 0 Å². The number of hydrogen-bond donors (Lipinski definition) is 0. The highest BCUT2D eigenvalue weighted by molar-refractivity contribution is 7.81. The molecule has 0 heterocycles. The van der Waals surface area contributed by atoms with Gasteiger partial charge >= 0.3 is 0 Å². The van der Waals surface area contributed by atoms with E-state index in [1.165, 1.54) is 19.3 Å². The first-order valence-corrected chi connectivity index (χ1v) is 6.83. The second-order valence-corrected chi connectivity index (χ2v) is 6.93. The Morgan fingerprint density at radius 3 is 2.67 bits per heavy atom. The van der Waals surface area contributed by atoms with E-state index in [1.807, 2.05) is 20.8 Å². The zero-order valence-electron chi connectivity index (χ0n) is 9.99. The lowest BCUT2D eigenvalue weighted by Crippen LogP contribution is -2.27. The smallest absolute Gasteiger partial charge is 0.161 e. The van der Waals surface area contributed by atoms with E-state index < -0.39 is 11.1 Å². The Morgan fingerprint density at radius 1 is 1.27 bits per heavy atom. The monoisotopic (exact) mass is 230 g/mol. The molecule has 0 N–H and O–H groups in total. The van der Waals surface area contributed by atoms with Gasteiger partial charge < -0.3 is 0 Å². The third-order valence-corrected chi connectivity index (χ3v) is 3.84. The zero-order chi connectivity index (χ0) is 11.3. The molecule has 15 heavy (non-hydrogen) atoms. The van der Waals surface area contributed by atoms with Gasteiger partial charge in [0.15, 0.2) is 11.1 Å². The van der Waals surface area contributed by atoms with Crippen LogP contribution in [0, 0.1) is 0 Å². The molecule has 0 amide bonds. The lowest BCUT2D eigenvalue weighted by Gasteiger charge is -2.21. The van der Waals surface area contributed by atoms with Gasteiger partial charge in [-0.15, -0.1) is 0 Å². The molecule has 88 valence electrons. The maximum atomic E-state index is 11.8. The number of rotatable bonds is 2. The first-order chi connectivity index (χ1) is 7.00. The maximum absolute atomic E-state index is 11.8. The van der Waals surface area contributed by atoms with Crippen molar-refractivity contribution in [3.63, 3.8) is 0 Å². The summed E-state index contributed by atoms with van der Waals surface area (Å²) in [7, 11) is 0. The molecule has 0 saturated carbocycles. The molecule has 0 aliphatic heterocycles. The van der Waals surface area contributed by atoms with E-state index in [1.54, 1.807) is 0 Å². The van der Waals surface area contributed by atoms with Gasteiger partial charge in [-0.3, -0.25) is 4.18 Å². The largest absolute Gasteiger partial charge is 0.283 e. The molecular weight excluding hydrogens is 208 g/mol. The van der Waals surface area contributed by atoms with Crippen molar-refractivity contribution in [2.75, 3.05) is 0 Å². The Hall–Kier alpha value is -0.150. The molecule has 0 bridgehead atoms. The van der Waals surface area contributed by atoms with Crippen LogP contribution >= 0.6 is 0 Å². The summed E-state index contributed by atoms with van der Waals surface area (Å²) in [4.78, 5) is 0. The second-order valence-electron chi connectivity index (χ2n) is 5.05. The summed E-state index contributed by atoms with van der Waals surface area (Å²) in [5.74, 6) is 0. The van der Waals surface area contributed by atoms with Crippen molar-refractivity contribution in [2.45, 2.75) is 63.7 Å². The van der Waals surface area contributed by atoms with Crippen molar-refractivity contribution in [1.29, 1.82) is 0 Å². The van der Waals surface area contributed by atoms with Crippen molar-refractivity contribution >= 4 is 11.1 Å². The molecule has 3 heteroatoms. The second kappa shape index (κ2) is 5.80. The average Bonchev–Trinajstić information content (AvgIpc) is 2.07. The summed E-state index contributed by atoms with van der Waals surface area (Å²) >= 11 is -1.20. The highest BCUT2D eigenvalue weighted by atomic mass is 32.2. The summed E-state index contributed by atoms with van der Waals surface area (Å²) in [5, 5.41) is 0. The topological polar surface area (TPSA) is 26.3 Å². The first kappa shape index (κ1) is 12.9. The predicted molar refractivity (Wildman–Crippen MR) is 65.0 cm³/mol. The molecule has 0 aromatic heterocycles. The molecule has 0 spiro atoms. The van der Waals surface area contributed by atoms with E-state index in [0.717, 1.165) is 12.8 Å². The summed E-state index contributed by atoms with van der Waals surface area (Å²) in [6.07, 6.45) is 10.1. The Kier molecular flexibility index (Phi) is 5.00. The normalized spacial score (nSPS) is 27.8. The third-order valence-electron chi connectivity index (χ3n) is 2.42. The van der Waals surface area contributed by atoms with E-state index in [0.29, 0.717) is 0 Å². The predicted octanol–water partition coefficient (Wildman–Crippen LogP) is 3.35. The Morgan fingerprint density at radius 2 is 2.00 bits per heavy atom. The van der Waals surface area contributed by atoms with Crippen molar-refractivity contribution in [3.8, 4) is 0 Å². The minimum absolute atomic E-state index is 0.0466. The SMILES string of the molecule is CC(C)(C)S(=O)O[C@@H]1/C=C\CCCCC1. The molecule has 0 saturated heterocycles. The van der Waals surface area contributed by atoms with Crippen LogP contribution in [0.3, 0.4) is 0 Å². The van der Waals surface area contributed by atoms with Crippen molar-refractivity contribution in [3.05, 3.63) is 12.2 Å². The fourth-order valence-electron chi connectivity index (χ4n) is 1.47. The van der Waals surface area contributed by atoms with Gasteiger partial charge in [-0.1, -0.05) is 25.0 Å². The van der Waals surface area contributed by atoms with Gasteiger partial charge in [0.1, 0.15) is 0 Å². The maximum Gasteiger partial charge on any atom is 0.161 e. The lowest BCUT2D eigenvalue weighted by molar-refractivity contribution is 0.249. The highest BCUT2D eigenvalue weighted by Gasteiger charge is 2.23. The molecule has 1 aliphatic rings. The molecule has 0 fully saturated rings. The third kappa shape index (κ3) is 4.94. The molecule has 0 aromatic rings. The van der Waals surface area contributed by atoms with E-state index >= 15 is 0 Å². The van der Waals surface area contributed by atoms with Gasteiger partial charge in [0.25, 0.3) is 0 Å². The van der Waals surface area contributed by atoms with Crippen LogP contribution in [-0.2, 0) is 15.3 Å². The molecule has 2 atom stereocenters. The Bertz CT molecular complexity index is 240. The zero-order valence-corrected chi connectivity index (χ0v) is 10.8. The fraction of sp³-hybridized carbons (Fsp3) is 0.833. The van der Waals surface area contributed by atoms with E-state index in [9.17, 15) is 4.21 Å². The standard InChI is InChI=1S/C12H22O2S/c1-12(2,3)15(13)14-11-9-7-5-4-6-8-10-11/h7,9,11H,4-6,8,10H2,1-3H3/b9-7-/t11-,15?/m1/s1. The first-order valence-electron chi connectivity index (χ1n) is 5.76. The Labute approximate surface area is 95.8 Å². The number of hydrogen-bond acceptors (Lipinski definition) is 2. The molecule has 0 aromatic carbocycles. The van der Waals surface area contributed by atoms with Crippen LogP contribution in [0.5, 0.6) is 0 Å². The molecule has 1 aliphatic carbocycles. The van der Waals surface area contributed by atoms with Crippen LogP contribution < -0.4 is 0 Å². The lowest BCUT2D eigenvalue weighted by atomic mass is 10.0. The van der Waals surface area contributed by atoms with Gasteiger partial charge in [0.05, 0.1) is 10.9 Å². The quantitative estimate of drug-likeness (QED) is 0.680. The summed E-state index contributed by atoms with van der Waals surface area (Å²) in [6.45, 7) is 5.82. The molecule has 1 unspecified atom stereocenters. The van der Waals surface area contributed by atoms with Crippen molar-refractivity contribution in [2.24, 2.45) is 0 Å². The Balaban J connectivity index is 2.48. The van der Waals surface area contributed by atoms with E-state index in [-0.39, 0.29) is 10.9 Å². The van der Waals surface area contributed by atoms with Crippen molar-refractivity contribution < 1.29 is 8.39 Å². The minimum atomic E-state index is -1.20. The van der Waals surface area contributed by atoms with Crippen LogP contribution in [-0.4, -0.2) is 15.1 Å². The van der Waals surface area contributed by atoms with Gasteiger partial charge in [-0.2, -0.15) is 0 Å². The highest BCUT2D eigenvalue weighted by Crippen LogP contribution is 2.19. The van der Waals surface area contributed by atoms with Crippen LogP contribution in [0.1, 0.15) is 52.9 Å². The summed E-state index contributed by atoms with van der Waals surface area (Å²) in [5.41, 5.74) is 0. The minimum Gasteiger partial charge on any atom is -0.283 e. The van der Waals surface area contributed by atoms with Gasteiger partial charge in [0, 0.05) is 0 Å². The van der Waals surface area contributed by atoms with Crippen LogP contribution in [0.15, 0.2) is 12.2 Å². The summed E-state index contributed by atoms with van der Waals surface area (Å²) in [6, 6.07) is 0. The fourth-order valence-corrected chi connectivity index (χ4v) is 2.14.